The van der Waals surface area contributed by atoms with Crippen LogP contribution in [0.15, 0.2) is 24.3 Å². The van der Waals surface area contributed by atoms with E-state index in [2.05, 4.69) is 10.6 Å². The first-order valence-corrected chi connectivity index (χ1v) is 7.62. The Bertz CT molecular complexity index is 447. The Kier molecular flexibility index (Phi) is 5.87. The largest absolute Gasteiger partial charge is 0.497 e. The number of rotatable bonds is 6. The second-order valence-corrected chi connectivity index (χ2v) is 5.50. The van der Waals surface area contributed by atoms with E-state index >= 15 is 0 Å². The van der Waals surface area contributed by atoms with Crippen LogP contribution >= 0.6 is 0 Å². The summed E-state index contributed by atoms with van der Waals surface area (Å²) in [5.74, 6) is 0.915. The monoisotopic (exact) mass is 291 g/mol. The zero-order valence-electron chi connectivity index (χ0n) is 12.6. The van der Waals surface area contributed by atoms with Crippen molar-refractivity contribution in [2.75, 3.05) is 25.5 Å². The van der Waals surface area contributed by atoms with Crippen LogP contribution in [0.1, 0.15) is 25.7 Å². The number of nitrogens with one attached hydrogen (secondary N) is 2. The van der Waals surface area contributed by atoms with Gasteiger partial charge in [0.25, 0.3) is 0 Å². The number of anilines is 1. The summed E-state index contributed by atoms with van der Waals surface area (Å²) in [6.45, 7) is 1.30. The third-order valence-corrected chi connectivity index (χ3v) is 4.00. The lowest BCUT2D eigenvalue weighted by Crippen LogP contribution is -2.44. The van der Waals surface area contributed by atoms with Gasteiger partial charge < -0.3 is 21.1 Å². The topological polar surface area (TPSA) is 76.4 Å². The Morgan fingerprint density at radius 3 is 2.62 bits per heavy atom. The Balaban J connectivity index is 1.67. The van der Waals surface area contributed by atoms with Crippen molar-refractivity contribution in [2.24, 2.45) is 11.7 Å². The van der Waals surface area contributed by atoms with E-state index in [1.807, 2.05) is 24.3 Å². The van der Waals surface area contributed by atoms with Gasteiger partial charge in [0, 0.05) is 24.8 Å². The van der Waals surface area contributed by atoms with Crippen LogP contribution in [-0.2, 0) is 4.79 Å². The minimum absolute atomic E-state index is 0.0141. The molecule has 2 rings (SSSR count). The third kappa shape index (κ3) is 4.63. The highest BCUT2D eigenvalue weighted by molar-refractivity contribution is 5.79. The van der Waals surface area contributed by atoms with E-state index in [0.717, 1.165) is 37.1 Å². The Labute approximate surface area is 126 Å². The van der Waals surface area contributed by atoms with E-state index in [-0.39, 0.29) is 17.9 Å². The quantitative estimate of drug-likeness (QED) is 0.698. The average Bonchev–Trinajstić information content (AvgIpc) is 2.52. The summed E-state index contributed by atoms with van der Waals surface area (Å²) in [7, 11) is 1.65. The van der Waals surface area contributed by atoms with E-state index in [0.29, 0.717) is 13.1 Å². The Hall–Kier alpha value is -1.75. The van der Waals surface area contributed by atoms with Crippen LogP contribution in [0, 0.1) is 5.92 Å². The van der Waals surface area contributed by atoms with Crippen molar-refractivity contribution in [1.82, 2.24) is 5.32 Å². The number of hydrogen-bond acceptors (Lipinski definition) is 4. The van der Waals surface area contributed by atoms with Crippen LogP contribution in [-0.4, -0.2) is 32.1 Å². The van der Waals surface area contributed by atoms with Gasteiger partial charge >= 0.3 is 0 Å². The number of benzene rings is 1. The molecule has 1 amide bonds. The molecule has 0 spiro atoms. The van der Waals surface area contributed by atoms with Gasteiger partial charge in [-0.1, -0.05) is 12.8 Å². The van der Waals surface area contributed by atoms with Crippen molar-refractivity contribution in [2.45, 2.75) is 31.7 Å². The van der Waals surface area contributed by atoms with Crippen LogP contribution in [0.4, 0.5) is 5.69 Å². The van der Waals surface area contributed by atoms with Crippen molar-refractivity contribution in [3.05, 3.63) is 24.3 Å². The maximum Gasteiger partial charge on any atom is 0.224 e. The molecule has 1 aromatic rings. The maximum atomic E-state index is 12.1. The van der Waals surface area contributed by atoms with Gasteiger partial charge in [0.05, 0.1) is 13.0 Å². The number of nitrogens with two attached hydrogens (primary N) is 1. The summed E-state index contributed by atoms with van der Waals surface area (Å²) in [6.07, 6.45) is 4.13. The average molecular weight is 291 g/mol. The van der Waals surface area contributed by atoms with Crippen LogP contribution in [0.25, 0.3) is 0 Å². The molecule has 1 aromatic carbocycles. The van der Waals surface area contributed by atoms with Gasteiger partial charge in [-0.25, -0.2) is 0 Å². The molecule has 2 atom stereocenters. The number of carbonyl (C=O) groups is 1. The van der Waals surface area contributed by atoms with Crippen LogP contribution in [0.2, 0.25) is 0 Å². The summed E-state index contributed by atoms with van der Waals surface area (Å²) in [4.78, 5) is 12.1. The first-order chi connectivity index (χ1) is 10.2. The molecule has 0 radical (unpaired) electrons. The van der Waals surface area contributed by atoms with Gasteiger partial charge in [0.2, 0.25) is 5.91 Å². The molecule has 4 N–H and O–H groups in total. The Morgan fingerprint density at radius 2 is 1.95 bits per heavy atom. The van der Waals surface area contributed by atoms with Gasteiger partial charge in [-0.15, -0.1) is 0 Å². The highest BCUT2D eigenvalue weighted by Gasteiger charge is 2.27. The van der Waals surface area contributed by atoms with Crippen molar-refractivity contribution in [3.8, 4) is 5.75 Å². The lowest BCUT2D eigenvalue weighted by atomic mass is 9.84. The van der Waals surface area contributed by atoms with Crippen molar-refractivity contribution in [1.29, 1.82) is 0 Å². The predicted octanol–water partition coefficient (Wildman–Crippen LogP) is 1.74. The number of hydrogen-bond donors (Lipinski definition) is 3. The minimum atomic E-state index is -0.0141. The lowest BCUT2D eigenvalue weighted by Gasteiger charge is -2.27. The smallest absolute Gasteiger partial charge is 0.224 e. The molecule has 1 aliphatic carbocycles. The second-order valence-electron chi connectivity index (χ2n) is 5.50. The summed E-state index contributed by atoms with van der Waals surface area (Å²) in [5.41, 5.74) is 7.03. The fourth-order valence-corrected chi connectivity index (χ4v) is 2.72. The van der Waals surface area contributed by atoms with E-state index in [1.165, 1.54) is 0 Å². The first kappa shape index (κ1) is 15.6. The SMILES string of the molecule is COc1ccc(NCCNC(=O)[C@@H]2CCCC[C@@H]2N)cc1. The molecule has 5 heteroatoms. The molecule has 5 nitrogen and oxygen atoms in total. The molecule has 1 saturated carbocycles. The second kappa shape index (κ2) is 7.88. The van der Waals surface area contributed by atoms with Gasteiger partial charge in [0.1, 0.15) is 5.75 Å². The number of carbonyl (C=O) groups excluding carboxylic acids is 1. The summed E-state index contributed by atoms with van der Waals surface area (Å²) in [5, 5.41) is 6.23. The molecular weight excluding hydrogens is 266 g/mol. The standard InChI is InChI=1S/C16H25N3O2/c1-21-13-8-6-12(7-9-13)18-10-11-19-16(20)14-4-2-3-5-15(14)17/h6-9,14-15,18H,2-5,10-11,17H2,1H3,(H,19,20)/t14-,15+/m1/s1. The van der Waals surface area contributed by atoms with Crippen molar-refractivity contribution < 1.29 is 9.53 Å². The van der Waals surface area contributed by atoms with Crippen molar-refractivity contribution in [3.63, 3.8) is 0 Å². The molecule has 0 aliphatic heterocycles. The summed E-state index contributed by atoms with van der Waals surface area (Å²) >= 11 is 0. The molecular formula is C16H25N3O2. The molecule has 0 saturated heterocycles. The fourth-order valence-electron chi connectivity index (χ4n) is 2.72. The van der Waals surface area contributed by atoms with E-state index in [1.54, 1.807) is 7.11 Å². The van der Waals surface area contributed by atoms with E-state index < -0.39 is 0 Å². The highest BCUT2D eigenvalue weighted by atomic mass is 16.5. The fraction of sp³-hybridized carbons (Fsp3) is 0.562. The maximum absolute atomic E-state index is 12.1. The van der Waals surface area contributed by atoms with Gasteiger partial charge in [-0.05, 0) is 37.1 Å². The zero-order valence-corrected chi connectivity index (χ0v) is 12.6. The van der Waals surface area contributed by atoms with Crippen LogP contribution in [0.3, 0.4) is 0 Å². The molecule has 1 aliphatic rings. The zero-order chi connectivity index (χ0) is 15.1. The summed E-state index contributed by atoms with van der Waals surface area (Å²) < 4.78 is 5.11. The lowest BCUT2D eigenvalue weighted by molar-refractivity contribution is -0.126. The minimum Gasteiger partial charge on any atom is -0.497 e. The third-order valence-electron chi connectivity index (χ3n) is 4.00. The molecule has 0 bridgehead atoms. The van der Waals surface area contributed by atoms with E-state index in [9.17, 15) is 4.79 Å². The van der Waals surface area contributed by atoms with Gasteiger partial charge in [-0.3, -0.25) is 4.79 Å². The molecule has 0 heterocycles. The van der Waals surface area contributed by atoms with Gasteiger partial charge in [-0.2, -0.15) is 0 Å². The number of amides is 1. The normalized spacial score (nSPS) is 21.6. The van der Waals surface area contributed by atoms with Crippen molar-refractivity contribution >= 4 is 11.6 Å². The number of methoxy groups -OCH3 is 1. The predicted molar refractivity (Wildman–Crippen MR) is 84.4 cm³/mol. The first-order valence-electron chi connectivity index (χ1n) is 7.62. The van der Waals surface area contributed by atoms with E-state index in [4.69, 9.17) is 10.5 Å². The van der Waals surface area contributed by atoms with Gasteiger partial charge in [0.15, 0.2) is 0 Å². The molecule has 116 valence electrons. The molecule has 0 aromatic heterocycles. The molecule has 0 unspecified atom stereocenters. The van der Waals surface area contributed by atoms with Crippen LogP contribution < -0.4 is 21.1 Å². The highest BCUT2D eigenvalue weighted by Crippen LogP contribution is 2.22. The molecule has 21 heavy (non-hydrogen) atoms. The summed E-state index contributed by atoms with van der Waals surface area (Å²) in [6, 6.07) is 7.74. The number of ether oxygens (including phenoxy) is 1. The van der Waals surface area contributed by atoms with Crippen LogP contribution in [0.5, 0.6) is 5.75 Å². The molecule has 1 fully saturated rings. The Morgan fingerprint density at radius 1 is 1.24 bits per heavy atom.